The second-order valence-corrected chi connectivity index (χ2v) is 9.42. The van der Waals surface area contributed by atoms with Gasteiger partial charge in [-0.1, -0.05) is 0 Å². The highest BCUT2D eigenvalue weighted by Crippen LogP contribution is 2.40. The average Bonchev–Trinajstić information content (AvgIpc) is 3.40. The Balaban J connectivity index is 1.39. The van der Waals surface area contributed by atoms with Crippen LogP contribution in [0.1, 0.15) is 57.8 Å². The minimum Gasteiger partial charge on any atom is -0.465 e. The number of fused-ring (bicyclic) bond motifs is 1. The normalized spacial score (nSPS) is 33.0. The van der Waals surface area contributed by atoms with Crippen LogP contribution in [0.15, 0.2) is 0 Å². The number of rotatable bonds is 7. The molecule has 1 aromatic heterocycles. The van der Waals surface area contributed by atoms with E-state index in [9.17, 15) is 9.59 Å². The number of nitrogens with zero attached hydrogens (tertiary/aromatic N) is 5. The minimum atomic E-state index is -0.274. The molecule has 0 spiro atoms. The zero-order valence-corrected chi connectivity index (χ0v) is 19.4. The molecule has 0 aromatic carbocycles. The molecule has 4 rings (SSSR count). The number of tetrazole rings is 1. The van der Waals surface area contributed by atoms with Gasteiger partial charge >= 0.3 is 11.9 Å². The fraction of sp³-hybridized carbons (Fsp3) is 0.864. The Bertz CT molecular complexity index is 801. The van der Waals surface area contributed by atoms with Gasteiger partial charge in [0.15, 0.2) is 5.82 Å². The van der Waals surface area contributed by atoms with Crippen molar-refractivity contribution in [3.05, 3.63) is 5.82 Å². The first-order chi connectivity index (χ1) is 15.5. The van der Waals surface area contributed by atoms with E-state index in [1.807, 2.05) is 20.8 Å². The zero-order valence-electron chi connectivity index (χ0n) is 19.4. The molecule has 2 aliphatic heterocycles. The van der Waals surface area contributed by atoms with Crippen LogP contribution in [-0.2, 0) is 19.1 Å². The lowest BCUT2D eigenvalue weighted by molar-refractivity contribution is -0.149. The molecule has 1 aromatic rings. The van der Waals surface area contributed by atoms with Crippen LogP contribution < -0.4 is 5.32 Å². The van der Waals surface area contributed by atoms with Gasteiger partial charge in [-0.05, 0) is 82.4 Å². The van der Waals surface area contributed by atoms with Crippen LogP contribution >= 0.6 is 0 Å². The van der Waals surface area contributed by atoms with Crippen molar-refractivity contribution in [3.8, 4) is 0 Å². The topological polar surface area (TPSA) is 111 Å². The minimum absolute atomic E-state index is 0.0222. The lowest BCUT2D eigenvalue weighted by atomic mass is 9.69. The fourth-order valence-electron chi connectivity index (χ4n) is 5.77. The Morgan fingerprint density at radius 1 is 1.06 bits per heavy atom. The number of esters is 2. The quantitative estimate of drug-likeness (QED) is 0.613. The van der Waals surface area contributed by atoms with Crippen LogP contribution in [0, 0.1) is 24.7 Å². The average molecular weight is 449 g/mol. The van der Waals surface area contributed by atoms with Crippen molar-refractivity contribution in [3.63, 3.8) is 0 Å². The summed E-state index contributed by atoms with van der Waals surface area (Å²) >= 11 is 0. The van der Waals surface area contributed by atoms with Crippen LogP contribution in [0.5, 0.6) is 0 Å². The summed E-state index contributed by atoms with van der Waals surface area (Å²) in [4.78, 5) is 28.8. The third kappa shape index (κ3) is 5.11. The summed E-state index contributed by atoms with van der Waals surface area (Å²) in [5.41, 5.74) is 0. The molecular formula is C22H36N6O4. The van der Waals surface area contributed by atoms with E-state index >= 15 is 0 Å². The lowest BCUT2D eigenvalue weighted by Gasteiger charge is -2.43. The summed E-state index contributed by atoms with van der Waals surface area (Å²) in [6.07, 6.45) is 4.86. The van der Waals surface area contributed by atoms with Gasteiger partial charge in [0, 0.05) is 13.1 Å². The Morgan fingerprint density at radius 2 is 1.84 bits per heavy atom. The van der Waals surface area contributed by atoms with Gasteiger partial charge in [-0.2, -0.15) is 4.80 Å². The molecule has 3 fully saturated rings. The molecule has 0 amide bonds. The van der Waals surface area contributed by atoms with E-state index in [1.54, 1.807) is 4.80 Å². The molecule has 3 heterocycles. The molecule has 6 unspecified atom stereocenters. The van der Waals surface area contributed by atoms with Crippen molar-refractivity contribution in [2.75, 3.05) is 32.8 Å². The van der Waals surface area contributed by atoms with E-state index in [-0.39, 0.29) is 30.1 Å². The predicted molar refractivity (Wildman–Crippen MR) is 116 cm³/mol. The number of hydrogen-bond donors (Lipinski definition) is 1. The number of hydrogen-bond acceptors (Lipinski definition) is 9. The molecular weight excluding hydrogens is 412 g/mol. The number of aromatic nitrogens is 4. The fourth-order valence-corrected chi connectivity index (χ4v) is 5.77. The van der Waals surface area contributed by atoms with Crippen molar-refractivity contribution in [2.45, 2.75) is 71.0 Å². The molecule has 0 radical (unpaired) electrons. The van der Waals surface area contributed by atoms with Gasteiger partial charge in [0.05, 0.1) is 19.3 Å². The maximum absolute atomic E-state index is 12.7. The van der Waals surface area contributed by atoms with Crippen molar-refractivity contribution in [1.29, 1.82) is 0 Å². The second-order valence-electron chi connectivity index (χ2n) is 9.42. The van der Waals surface area contributed by atoms with Crippen LogP contribution in [-0.4, -0.2) is 82.0 Å². The zero-order chi connectivity index (χ0) is 22.7. The number of likely N-dealkylation sites (tertiary alicyclic amines) is 1. The number of carbonyl (C=O) groups is 2. The number of piperidine rings is 1. The van der Waals surface area contributed by atoms with Crippen molar-refractivity contribution in [2.24, 2.45) is 17.8 Å². The SMILES string of the molecule is CCOC(=O)C1CC2CC(CN3CC(n4nnc(C)n4)CC3C(=O)OCC)CCC2CN1. The molecule has 0 bridgehead atoms. The molecule has 1 aliphatic carbocycles. The number of aryl methyl sites for hydroxylation is 1. The third-order valence-electron chi connectivity index (χ3n) is 7.27. The summed E-state index contributed by atoms with van der Waals surface area (Å²) < 4.78 is 10.6. The van der Waals surface area contributed by atoms with Crippen LogP contribution in [0.3, 0.4) is 0 Å². The van der Waals surface area contributed by atoms with Crippen LogP contribution in [0.25, 0.3) is 0 Å². The Labute approximate surface area is 189 Å². The Kier molecular flexibility index (Phi) is 7.40. The predicted octanol–water partition coefficient (Wildman–Crippen LogP) is 1.12. The maximum atomic E-state index is 12.7. The Hall–Kier alpha value is -2.07. The van der Waals surface area contributed by atoms with Gasteiger partial charge in [-0.15, -0.1) is 10.2 Å². The molecule has 10 nitrogen and oxygen atoms in total. The standard InChI is InChI=1S/C22H36N6O4/c1-4-31-21(29)19-9-17-8-15(6-7-16(17)11-23-19)12-27-13-18(28-25-14(3)24-26-28)10-20(27)22(30)32-5-2/h15-20,23H,4-13H2,1-3H3. The summed E-state index contributed by atoms with van der Waals surface area (Å²) in [5, 5.41) is 15.9. The molecule has 178 valence electrons. The van der Waals surface area contributed by atoms with Gasteiger partial charge in [-0.25, -0.2) is 0 Å². The lowest BCUT2D eigenvalue weighted by Crippen LogP contribution is -2.51. The van der Waals surface area contributed by atoms with Crippen molar-refractivity contribution >= 4 is 11.9 Å². The third-order valence-corrected chi connectivity index (χ3v) is 7.27. The van der Waals surface area contributed by atoms with E-state index in [4.69, 9.17) is 9.47 Å². The first-order valence-corrected chi connectivity index (χ1v) is 12.0. The molecule has 1 N–H and O–H groups in total. The summed E-state index contributed by atoms with van der Waals surface area (Å²) in [7, 11) is 0. The highest BCUT2D eigenvalue weighted by Gasteiger charge is 2.43. The highest BCUT2D eigenvalue weighted by atomic mass is 16.5. The Morgan fingerprint density at radius 3 is 2.56 bits per heavy atom. The molecule has 32 heavy (non-hydrogen) atoms. The summed E-state index contributed by atoms with van der Waals surface area (Å²) in [6, 6.07) is -0.446. The van der Waals surface area contributed by atoms with E-state index in [1.165, 1.54) is 0 Å². The summed E-state index contributed by atoms with van der Waals surface area (Å²) in [6.45, 7) is 8.76. The molecule has 1 saturated carbocycles. The van der Waals surface area contributed by atoms with E-state index < -0.39 is 0 Å². The monoisotopic (exact) mass is 448 g/mol. The number of ether oxygens (including phenoxy) is 2. The first kappa shape index (κ1) is 23.1. The van der Waals surface area contributed by atoms with Crippen molar-refractivity contribution < 1.29 is 19.1 Å². The van der Waals surface area contributed by atoms with E-state index in [0.29, 0.717) is 43.2 Å². The first-order valence-electron chi connectivity index (χ1n) is 12.0. The van der Waals surface area contributed by atoms with Crippen LogP contribution in [0.2, 0.25) is 0 Å². The largest absolute Gasteiger partial charge is 0.465 e. The van der Waals surface area contributed by atoms with Gasteiger partial charge in [-0.3, -0.25) is 14.5 Å². The van der Waals surface area contributed by atoms with Gasteiger partial charge in [0.1, 0.15) is 12.1 Å². The molecule has 6 atom stereocenters. The number of nitrogens with one attached hydrogen (secondary N) is 1. The smallest absolute Gasteiger partial charge is 0.323 e. The van der Waals surface area contributed by atoms with E-state index in [2.05, 4.69) is 25.6 Å². The summed E-state index contributed by atoms with van der Waals surface area (Å²) in [5.74, 6) is 1.97. The van der Waals surface area contributed by atoms with E-state index in [0.717, 1.165) is 45.3 Å². The van der Waals surface area contributed by atoms with Crippen molar-refractivity contribution in [1.82, 2.24) is 30.4 Å². The molecule has 3 aliphatic rings. The van der Waals surface area contributed by atoms with Crippen LogP contribution in [0.4, 0.5) is 0 Å². The molecule has 10 heteroatoms. The highest BCUT2D eigenvalue weighted by molar-refractivity contribution is 5.76. The van der Waals surface area contributed by atoms with Gasteiger partial charge < -0.3 is 14.8 Å². The van der Waals surface area contributed by atoms with Gasteiger partial charge in [0.25, 0.3) is 0 Å². The molecule has 2 saturated heterocycles. The second kappa shape index (κ2) is 10.2. The maximum Gasteiger partial charge on any atom is 0.323 e. The number of carbonyl (C=O) groups excluding carboxylic acids is 2. The van der Waals surface area contributed by atoms with Gasteiger partial charge in [0.2, 0.25) is 0 Å².